The molecule has 0 fully saturated rings. The maximum absolute atomic E-state index is 13.7. The molecule has 0 aliphatic heterocycles. The van der Waals surface area contributed by atoms with Gasteiger partial charge in [-0.1, -0.05) is 0 Å². The molecule has 0 radical (unpaired) electrons. The summed E-state index contributed by atoms with van der Waals surface area (Å²) >= 11 is 1.61. The fourth-order valence-electron chi connectivity index (χ4n) is 2.12. The monoisotopic (exact) mass is 291 g/mol. The van der Waals surface area contributed by atoms with Crippen LogP contribution in [0.2, 0.25) is 0 Å². The predicted molar refractivity (Wildman–Crippen MR) is 77.2 cm³/mol. The Hall–Kier alpha value is -2.08. The normalized spacial score (nSPS) is 11.2. The van der Waals surface area contributed by atoms with Crippen LogP contribution in [0.5, 0.6) is 0 Å². The van der Waals surface area contributed by atoms with Crippen LogP contribution >= 0.6 is 11.8 Å². The molecule has 0 unspecified atom stereocenters. The highest BCUT2D eigenvalue weighted by Gasteiger charge is 2.15. The number of hydrogen-bond acceptors (Lipinski definition) is 3. The summed E-state index contributed by atoms with van der Waals surface area (Å²) in [5.41, 5.74) is 6.93. The van der Waals surface area contributed by atoms with Gasteiger partial charge >= 0.3 is 0 Å². The average molecular weight is 291 g/mol. The highest BCUT2D eigenvalue weighted by molar-refractivity contribution is 7.98. The van der Waals surface area contributed by atoms with E-state index in [9.17, 15) is 8.78 Å². The highest BCUT2D eigenvalue weighted by atomic mass is 32.2. The van der Waals surface area contributed by atoms with E-state index in [4.69, 9.17) is 5.73 Å². The summed E-state index contributed by atoms with van der Waals surface area (Å²) in [6, 6.07) is 9.54. The van der Waals surface area contributed by atoms with E-state index in [0.717, 1.165) is 11.0 Å². The van der Waals surface area contributed by atoms with E-state index in [0.29, 0.717) is 11.2 Å². The minimum Gasteiger partial charge on any atom is -0.369 e. The van der Waals surface area contributed by atoms with Crippen molar-refractivity contribution in [3.63, 3.8) is 0 Å². The number of imidazole rings is 1. The van der Waals surface area contributed by atoms with Crippen molar-refractivity contribution in [3.05, 3.63) is 48.0 Å². The summed E-state index contributed by atoms with van der Waals surface area (Å²) in [5.74, 6) is -1.25. The first kappa shape index (κ1) is 12.9. The third-order valence-corrected chi connectivity index (χ3v) is 3.78. The van der Waals surface area contributed by atoms with Gasteiger partial charge in [-0.05, 0) is 30.5 Å². The van der Waals surface area contributed by atoms with E-state index in [1.54, 1.807) is 11.8 Å². The summed E-state index contributed by atoms with van der Waals surface area (Å²) in [5, 5.41) is 0. The van der Waals surface area contributed by atoms with E-state index >= 15 is 0 Å². The van der Waals surface area contributed by atoms with Crippen LogP contribution in [-0.2, 0) is 0 Å². The molecule has 0 aliphatic carbocycles. The van der Waals surface area contributed by atoms with E-state index in [1.807, 2.05) is 30.5 Å². The fraction of sp³-hybridized carbons (Fsp3) is 0.0714. The quantitative estimate of drug-likeness (QED) is 0.734. The molecular formula is C14H11F2N3S. The summed E-state index contributed by atoms with van der Waals surface area (Å²) in [6.07, 6.45) is 1.97. The van der Waals surface area contributed by atoms with Gasteiger partial charge in [-0.2, -0.15) is 0 Å². The molecule has 0 saturated carbocycles. The number of nitrogen functional groups attached to an aromatic ring is 1. The average Bonchev–Trinajstić information content (AvgIpc) is 2.76. The molecule has 0 amide bonds. The number of fused-ring (bicyclic) bond motifs is 1. The molecule has 2 N–H and O–H groups in total. The van der Waals surface area contributed by atoms with Crippen molar-refractivity contribution in [2.75, 3.05) is 12.0 Å². The van der Waals surface area contributed by atoms with E-state index in [2.05, 4.69) is 4.98 Å². The van der Waals surface area contributed by atoms with Crippen molar-refractivity contribution in [2.45, 2.75) is 4.90 Å². The SMILES string of the molecule is CSc1ccc(-n2c(N)nc3c(F)cc(F)cc32)cc1. The Morgan fingerprint density at radius 2 is 1.85 bits per heavy atom. The first-order chi connectivity index (χ1) is 9.60. The number of aromatic nitrogens is 2. The second kappa shape index (κ2) is 4.79. The standard InChI is InChI=1S/C14H11F2N3S/c1-20-10-4-2-9(3-5-10)19-12-7-8(15)6-11(16)13(12)18-14(19)17/h2-7H,1H3,(H2,17,18). The Kier molecular flexibility index (Phi) is 3.10. The molecule has 1 aromatic heterocycles. The maximum Gasteiger partial charge on any atom is 0.206 e. The zero-order chi connectivity index (χ0) is 14.3. The zero-order valence-electron chi connectivity index (χ0n) is 10.6. The van der Waals surface area contributed by atoms with Gasteiger partial charge in [0, 0.05) is 22.7 Å². The first-order valence-corrected chi connectivity index (χ1v) is 7.10. The Balaban J connectivity index is 2.26. The van der Waals surface area contributed by atoms with Crippen molar-refractivity contribution in [1.29, 1.82) is 0 Å². The Morgan fingerprint density at radius 3 is 2.50 bits per heavy atom. The van der Waals surface area contributed by atoms with Gasteiger partial charge in [-0.3, -0.25) is 4.57 Å². The fourth-order valence-corrected chi connectivity index (χ4v) is 2.53. The molecule has 102 valence electrons. The lowest BCUT2D eigenvalue weighted by Crippen LogP contribution is -2.00. The molecular weight excluding hydrogens is 280 g/mol. The minimum atomic E-state index is -0.716. The first-order valence-electron chi connectivity index (χ1n) is 5.87. The maximum atomic E-state index is 13.7. The Labute approximate surface area is 118 Å². The Morgan fingerprint density at radius 1 is 1.15 bits per heavy atom. The van der Waals surface area contributed by atoms with E-state index in [1.165, 1.54) is 10.6 Å². The van der Waals surface area contributed by atoms with E-state index < -0.39 is 11.6 Å². The van der Waals surface area contributed by atoms with Gasteiger partial charge < -0.3 is 5.73 Å². The van der Waals surface area contributed by atoms with Crippen molar-refractivity contribution in [2.24, 2.45) is 0 Å². The number of benzene rings is 2. The molecule has 6 heteroatoms. The zero-order valence-corrected chi connectivity index (χ0v) is 11.4. The van der Waals surface area contributed by atoms with Crippen molar-refractivity contribution in [1.82, 2.24) is 9.55 Å². The number of hydrogen-bond donors (Lipinski definition) is 1. The molecule has 3 rings (SSSR count). The second-order valence-corrected chi connectivity index (χ2v) is 5.14. The molecule has 3 nitrogen and oxygen atoms in total. The van der Waals surface area contributed by atoms with Crippen molar-refractivity contribution < 1.29 is 8.78 Å². The van der Waals surface area contributed by atoms with Crippen molar-refractivity contribution in [3.8, 4) is 5.69 Å². The van der Waals surface area contributed by atoms with Gasteiger partial charge in [0.15, 0.2) is 5.82 Å². The van der Waals surface area contributed by atoms with Crippen LogP contribution in [0.25, 0.3) is 16.7 Å². The van der Waals surface area contributed by atoms with Crippen molar-refractivity contribution >= 4 is 28.7 Å². The lowest BCUT2D eigenvalue weighted by atomic mass is 10.2. The summed E-state index contributed by atoms with van der Waals surface area (Å²) < 4.78 is 28.6. The second-order valence-electron chi connectivity index (χ2n) is 4.26. The predicted octanol–water partition coefficient (Wildman–Crippen LogP) is 3.61. The number of anilines is 1. The lowest BCUT2D eigenvalue weighted by molar-refractivity contribution is 0.590. The smallest absolute Gasteiger partial charge is 0.206 e. The van der Waals surface area contributed by atoms with Gasteiger partial charge in [0.2, 0.25) is 5.95 Å². The van der Waals surface area contributed by atoms with E-state index in [-0.39, 0.29) is 11.5 Å². The summed E-state index contributed by atoms with van der Waals surface area (Å²) in [7, 11) is 0. The number of rotatable bonds is 2. The molecule has 0 atom stereocenters. The molecule has 0 bridgehead atoms. The molecule has 2 aromatic carbocycles. The van der Waals surface area contributed by atoms with Gasteiger partial charge in [-0.15, -0.1) is 11.8 Å². The Bertz CT molecular complexity index is 781. The topological polar surface area (TPSA) is 43.8 Å². The minimum absolute atomic E-state index is 0.0674. The van der Waals surface area contributed by atoms with Crippen LogP contribution in [0, 0.1) is 11.6 Å². The van der Waals surface area contributed by atoms with Crippen LogP contribution in [0.1, 0.15) is 0 Å². The number of nitrogens with zero attached hydrogens (tertiary/aromatic N) is 2. The van der Waals surface area contributed by atoms with Gasteiger partial charge in [0.25, 0.3) is 0 Å². The molecule has 0 spiro atoms. The third kappa shape index (κ3) is 2.02. The largest absolute Gasteiger partial charge is 0.369 e. The third-order valence-electron chi connectivity index (χ3n) is 3.04. The van der Waals surface area contributed by atoms with Crippen LogP contribution in [-0.4, -0.2) is 15.8 Å². The molecule has 3 aromatic rings. The molecule has 20 heavy (non-hydrogen) atoms. The number of nitrogens with two attached hydrogens (primary N) is 1. The molecule has 1 heterocycles. The van der Waals surface area contributed by atoms with Gasteiger partial charge in [0.05, 0.1) is 5.52 Å². The summed E-state index contributed by atoms with van der Waals surface area (Å²) in [6.45, 7) is 0. The van der Waals surface area contributed by atoms with Crippen LogP contribution in [0.15, 0.2) is 41.3 Å². The summed E-state index contributed by atoms with van der Waals surface area (Å²) in [4.78, 5) is 5.06. The lowest BCUT2D eigenvalue weighted by Gasteiger charge is -2.07. The van der Waals surface area contributed by atoms with Gasteiger partial charge in [0.1, 0.15) is 11.3 Å². The number of halogens is 2. The van der Waals surface area contributed by atoms with Crippen LogP contribution in [0.3, 0.4) is 0 Å². The number of thioether (sulfide) groups is 1. The van der Waals surface area contributed by atoms with Crippen LogP contribution in [0.4, 0.5) is 14.7 Å². The highest BCUT2D eigenvalue weighted by Crippen LogP contribution is 2.27. The molecule has 0 aliphatic rings. The van der Waals surface area contributed by atoms with Gasteiger partial charge in [-0.25, -0.2) is 13.8 Å². The molecule has 0 saturated heterocycles. The van der Waals surface area contributed by atoms with Crippen LogP contribution < -0.4 is 5.73 Å².